The van der Waals surface area contributed by atoms with Crippen molar-refractivity contribution < 1.29 is 4.79 Å². The molecular formula is C15H13BrN4O. The average molecular weight is 345 g/mol. The summed E-state index contributed by atoms with van der Waals surface area (Å²) in [5.74, 6) is -0.0236. The molecule has 0 fully saturated rings. The molecule has 6 heteroatoms. The van der Waals surface area contributed by atoms with Gasteiger partial charge in [0.1, 0.15) is 5.82 Å². The topological polar surface area (TPSA) is 83.0 Å². The molecule has 0 atom stereocenters. The van der Waals surface area contributed by atoms with Gasteiger partial charge in [-0.15, -0.1) is 0 Å². The van der Waals surface area contributed by atoms with Crippen LogP contribution in [0.5, 0.6) is 0 Å². The Balaban J connectivity index is 2.19. The lowest BCUT2D eigenvalue weighted by molar-refractivity contribution is 0.0785. The lowest BCUT2D eigenvalue weighted by Gasteiger charge is -2.18. The van der Waals surface area contributed by atoms with Crippen molar-refractivity contribution >= 4 is 27.7 Å². The van der Waals surface area contributed by atoms with Crippen LogP contribution in [0.2, 0.25) is 0 Å². The molecule has 2 rings (SSSR count). The lowest BCUT2D eigenvalue weighted by atomic mass is 10.1. The quantitative estimate of drug-likeness (QED) is 0.927. The minimum atomic E-state index is -0.219. The van der Waals surface area contributed by atoms with Crippen molar-refractivity contribution in [2.75, 3.05) is 12.8 Å². The molecule has 0 unspecified atom stereocenters. The number of nitrogen functional groups attached to an aromatic ring is 1. The van der Waals surface area contributed by atoms with Crippen LogP contribution in [0.15, 0.2) is 41.0 Å². The molecule has 5 nitrogen and oxygen atoms in total. The monoisotopic (exact) mass is 344 g/mol. The number of hydrogen-bond donors (Lipinski definition) is 1. The summed E-state index contributed by atoms with van der Waals surface area (Å²) in [6, 6.07) is 10.9. The van der Waals surface area contributed by atoms with E-state index in [1.54, 1.807) is 37.5 Å². The third-order valence-corrected chi connectivity index (χ3v) is 3.37. The number of pyridine rings is 1. The second-order valence-electron chi connectivity index (χ2n) is 4.56. The third kappa shape index (κ3) is 3.58. The maximum absolute atomic E-state index is 12.4. The highest BCUT2D eigenvalue weighted by Gasteiger charge is 2.16. The molecule has 0 aliphatic rings. The predicted octanol–water partition coefficient (Wildman–Crippen LogP) is 2.57. The van der Waals surface area contributed by atoms with Gasteiger partial charge in [-0.1, -0.05) is 12.1 Å². The summed E-state index contributed by atoms with van der Waals surface area (Å²) in [5.41, 5.74) is 7.54. The van der Waals surface area contributed by atoms with Crippen LogP contribution < -0.4 is 5.73 Å². The Morgan fingerprint density at radius 1 is 1.48 bits per heavy atom. The fourth-order valence-electron chi connectivity index (χ4n) is 1.91. The standard InChI is InChI=1S/C15H13BrN4O/c1-20(9-11-4-2-3-10(5-11)7-17)15(21)13-6-12(16)8-19-14(13)18/h2-6,8H,9H2,1H3,(H2,18,19). The van der Waals surface area contributed by atoms with E-state index in [-0.39, 0.29) is 11.7 Å². The van der Waals surface area contributed by atoms with Gasteiger partial charge in [0.15, 0.2) is 0 Å². The van der Waals surface area contributed by atoms with E-state index in [1.165, 1.54) is 4.90 Å². The van der Waals surface area contributed by atoms with Crippen LogP contribution in [0.4, 0.5) is 5.82 Å². The number of nitriles is 1. The first kappa shape index (κ1) is 15.0. The van der Waals surface area contributed by atoms with E-state index in [2.05, 4.69) is 27.0 Å². The lowest BCUT2D eigenvalue weighted by Crippen LogP contribution is -2.27. The van der Waals surface area contributed by atoms with Gasteiger partial charge in [0.25, 0.3) is 5.91 Å². The van der Waals surface area contributed by atoms with E-state index in [9.17, 15) is 4.79 Å². The Hall–Kier alpha value is -2.39. The molecule has 0 radical (unpaired) electrons. The zero-order chi connectivity index (χ0) is 15.4. The average Bonchev–Trinajstić information content (AvgIpc) is 2.49. The van der Waals surface area contributed by atoms with Crippen molar-refractivity contribution in [2.45, 2.75) is 6.54 Å². The Bertz CT molecular complexity index is 724. The van der Waals surface area contributed by atoms with E-state index in [0.29, 0.717) is 22.1 Å². The van der Waals surface area contributed by atoms with Gasteiger partial charge in [-0.2, -0.15) is 5.26 Å². The number of hydrogen-bond acceptors (Lipinski definition) is 4. The molecule has 1 amide bonds. The minimum absolute atomic E-state index is 0.195. The van der Waals surface area contributed by atoms with Gasteiger partial charge in [0, 0.05) is 24.3 Å². The van der Waals surface area contributed by atoms with Gasteiger partial charge in [0.05, 0.1) is 17.2 Å². The highest BCUT2D eigenvalue weighted by atomic mass is 79.9. The molecule has 2 N–H and O–H groups in total. The van der Waals surface area contributed by atoms with Crippen LogP contribution in [0.25, 0.3) is 0 Å². The van der Waals surface area contributed by atoms with Crippen molar-refractivity contribution in [3.8, 4) is 6.07 Å². The largest absolute Gasteiger partial charge is 0.383 e. The van der Waals surface area contributed by atoms with E-state index in [0.717, 1.165) is 5.56 Å². The normalized spacial score (nSPS) is 9.95. The van der Waals surface area contributed by atoms with E-state index < -0.39 is 0 Å². The molecule has 1 heterocycles. The van der Waals surface area contributed by atoms with Gasteiger partial charge < -0.3 is 10.6 Å². The third-order valence-electron chi connectivity index (χ3n) is 2.94. The summed E-state index contributed by atoms with van der Waals surface area (Å²) in [5, 5.41) is 8.89. The first-order chi connectivity index (χ1) is 10.0. The van der Waals surface area contributed by atoms with Gasteiger partial charge in [0.2, 0.25) is 0 Å². The fourth-order valence-corrected chi connectivity index (χ4v) is 2.24. The van der Waals surface area contributed by atoms with Crippen LogP contribution >= 0.6 is 15.9 Å². The summed E-state index contributed by atoms with van der Waals surface area (Å²) in [7, 11) is 1.68. The van der Waals surface area contributed by atoms with Gasteiger partial charge >= 0.3 is 0 Å². The second-order valence-corrected chi connectivity index (χ2v) is 5.48. The molecule has 21 heavy (non-hydrogen) atoms. The molecule has 1 aromatic heterocycles. The van der Waals surface area contributed by atoms with E-state index in [1.807, 2.05) is 6.07 Å². The van der Waals surface area contributed by atoms with Crippen molar-refractivity contribution in [2.24, 2.45) is 0 Å². The number of nitrogens with two attached hydrogens (primary N) is 1. The smallest absolute Gasteiger partial charge is 0.257 e. The number of aromatic nitrogens is 1. The Morgan fingerprint density at radius 3 is 2.95 bits per heavy atom. The van der Waals surface area contributed by atoms with Crippen molar-refractivity contribution in [1.82, 2.24) is 9.88 Å². The highest BCUT2D eigenvalue weighted by molar-refractivity contribution is 9.10. The molecule has 0 saturated heterocycles. The Morgan fingerprint density at radius 2 is 2.24 bits per heavy atom. The van der Waals surface area contributed by atoms with Crippen LogP contribution in [-0.2, 0) is 6.54 Å². The maximum Gasteiger partial charge on any atom is 0.257 e. The SMILES string of the molecule is CN(Cc1cccc(C#N)c1)C(=O)c1cc(Br)cnc1N. The summed E-state index contributed by atoms with van der Waals surface area (Å²) in [6.07, 6.45) is 1.54. The molecular weight excluding hydrogens is 332 g/mol. The van der Waals surface area contributed by atoms with Gasteiger partial charge in [-0.25, -0.2) is 4.98 Å². The molecule has 0 bridgehead atoms. The summed E-state index contributed by atoms with van der Waals surface area (Å²) in [4.78, 5) is 17.9. The number of amides is 1. The Labute approximate surface area is 131 Å². The van der Waals surface area contributed by atoms with Crippen LogP contribution in [0.1, 0.15) is 21.5 Å². The molecule has 106 valence electrons. The zero-order valence-electron chi connectivity index (χ0n) is 11.4. The molecule has 0 aliphatic carbocycles. The molecule has 0 saturated carbocycles. The molecule has 0 aliphatic heterocycles. The highest BCUT2D eigenvalue weighted by Crippen LogP contribution is 2.18. The number of carbonyl (C=O) groups is 1. The van der Waals surface area contributed by atoms with E-state index >= 15 is 0 Å². The number of benzene rings is 1. The van der Waals surface area contributed by atoms with Crippen molar-refractivity contribution in [1.29, 1.82) is 5.26 Å². The zero-order valence-corrected chi connectivity index (χ0v) is 13.0. The molecule has 1 aromatic carbocycles. The minimum Gasteiger partial charge on any atom is -0.383 e. The number of carbonyl (C=O) groups excluding carboxylic acids is 1. The number of nitrogens with zero attached hydrogens (tertiary/aromatic N) is 3. The van der Waals surface area contributed by atoms with Crippen molar-refractivity contribution in [3.05, 3.63) is 57.7 Å². The van der Waals surface area contributed by atoms with Crippen LogP contribution in [0.3, 0.4) is 0 Å². The summed E-state index contributed by atoms with van der Waals surface area (Å²) >= 11 is 3.27. The molecule has 2 aromatic rings. The van der Waals surface area contributed by atoms with Gasteiger partial charge in [-0.05, 0) is 39.7 Å². The second kappa shape index (κ2) is 6.37. The first-order valence-electron chi connectivity index (χ1n) is 6.17. The number of rotatable bonds is 3. The number of halogens is 1. The number of anilines is 1. The fraction of sp³-hybridized carbons (Fsp3) is 0.133. The van der Waals surface area contributed by atoms with Crippen molar-refractivity contribution in [3.63, 3.8) is 0 Å². The maximum atomic E-state index is 12.4. The van der Waals surface area contributed by atoms with Crippen LogP contribution in [-0.4, -0.2) is 22.8 Å². The summed E-state index contributed by atoms with van der Waals surface area (Å²) in [6.45, 7) is 0.389. The van der Waals surface area contributed by atoms with Crippen LogP contribution in [0, 0.1) is 11.3 Å². The molecule has 0 spiro atoms. The predicted molar refractivity (Wildman–Crippen MR) is 83.3 cm³/mol. The first-order valence-corrected chi connectivity index (χ1v) is 6.96. The van der Waals surface area contributed by atoms with E-state index in [4.69, 9.17) is 11.0 Å². The summed E-state index contributed by atoms with van der Waals surface area (Å²) < 4.78 is 0.694. The Kier molecular flexibility index (Phi) is 4.55. The van der Waals surface area contributed by atoms with Gasteiger partial charge in [-0.3, -0.25) is 4.79 Å².